The summed E-state index contributed by atoms with van der Waals surface area (Å²) in [5.74, 6) is 1.03. The zero-order valence-electron chi connectivity index (χ0n) is 31.7. The van der Waals surface area contributed by atoms with Gasteiger partial charge in [0.2, 0.25) is 0 Å². The van der Waals surface area contributed by atoms with Crippen LogP contribution >= 0.6 is 0 Å². The Labute approximate surface area is 323 Å². The van der Waals surface area contributed by atoms with E-state index in [9.17, 15) is 14.4 Å². The second-order valence-corrected chi connectivity index (χ2v) is 12.2. The molecule has 0 saturated carbocycles. The molecule has 0 atom stereocenters. The molecule has 6 rings (SSSR count). The second-order valence-electron chi connectivity index (χ2n) is 12.2. The Morgan fingerprint density at radius 3 is 1.69 bits per heavy atom. The van der Waals surface area contributed by atoms with Gasteiger partial charge in [-0.25, -0.2) is 4.98 Å². The molecule has 0 aliphatic carbocycles. The van der Waals surface area contributed by atoms with Crippen molar-refractivity contribution in [2.75, 3.05) is 26.4 Å². The number of benzene rings is 4. The number of pyridine rings is 2. The van der Waals surface area contributed by atoms with Gasteiger partial charge in [0.15, 0.2) is 0 Å². The van der Waals surface area contributed by atoms with Gasteiger partial charge >= 0.3 is 11.9 Å². The molecule has 2 heterocycles. The summed E-state index contributed by atoms with van der Waals surface area (Å²) in [6, 6.07) is 39.2. The van der Waals surface area contributed by atoms with Crippen LogP contribution in [0.3, 0.4) is 0 Å². The molecule has 4 aromatic carbocycles. The normalized spacial score (nSPS) is 10.5. The standard InChI is InChI=1S/C23H23NO3.C13H16O4.C10H9N/c1-2-26-23(25)11-6-16-27-21-9-5-7-18(17-21)12-14-20-15-13-19-8-3-4-10-22(19)24-20;1-2-16-13(15)7-4-8-17-12-6-3-5-11(9-12)10-14;1-8-6-7-9-4-2-3-5-10(9)11-8/h3-5,7-10,12-15,17H,2,6,11,16H2,1H3;3,5-6,9-10H,2,4,7-8H2,1H3;2-7H,1H3/b14-12+;;. The van der Waals surface area contributed by atoms with Crippen LogP contribution in [-0.2, 0) is 19.1 Å². The number of esters is 2. The minimum Gasteiger partial charge on any atom is -0.494 e. The Kier molecular flexibility index (Phi) is 17.6. The third kappa shape index (κ3) is 15.3. The molecule has 0 N–H and O–H groups in total. The molecule has 0 saturated heterocycles. The summed E-state index contributed by atoms with van der Waals surface area (Å²) < 4.78 is 20.8. The van der Waals surface area contributed by atoms with Crippen LogP contribution in [0.5, 0.6) is 11.5 Å². The molecule has 284 valence electrons. The first-order valence-corrected chi connectivity index (χ1v) is 18.4. The van der Waals surface area contributed by atoms with E-state index in [1.165, 1.54) is 5.39 Å². The topological polar surface area (TPSA) is 114 Å². The van der Waals surface area contributed by atoms with Crippen molar-refractivity contribution in [3.8, 4) is 11.5 Å². The van der Waals surface area contributed by atoms with Gasteiger partial charge in [0, 0.05) is 34.9 Å². The number of aryl methyl sites for hydroxylation is 1. The Balaban J connectivity index is 0.000000204. The molecule has 0 bridgehead atoms. The number of aldehydes is 1. The number of ether oxygens (including phenoxy) is 4. The Morgan fingerprint density at radius 2 is 1.11 bits per heavy atom. The Morgan fingerprint density at radius 1 is 0.582 bits per heavy atom. The Bertz CT molecular complexity index is 2150. The van der Waals surface area contributed by atoms with Crippen molar-refractivity contribution in [1.29, 1.82) is 0 Å². The molecular formula is C46H48N2O7. The van der Waals surface area contributed by atoms with E-state index < -0.39 is 0 Å². The number of aromatic nitrogens is 2. The summed E-state index contributed by atoms with van der Waals surface area (Å²) in [4.78, 5) is 41.9. The number of hydrogen-bond acceptors (Lipinski definition) is 9. The quantitative estimate of drug-likeness (QED) is 0.0577. The molecule has 0 radical (unpaired) electrons. The van der Waals surface area contributed by atoms with Gasteiger partial charge < -0.3 is 18.9 Å². The van der Waals surface area contributed by atoms with Gasteiger partial charge in [0.05, 0.1) is 43.2 Å². The van der Waals surface area contributed by atoms with E-state index in [0.717, 1.165) is 45.4 Å². The summed E-state index contributed by atoms with van der Waals surface area (Å²) in [6.45, 7) is 7.33. The third-order valence-electron chi connectivity index (χ3n) is 7.86. The number of carbonyl (C=O) groups is 3. The van der Waals surface area contributed by atoms with Crippen molar-refractivity contribution in [2.45, 2.75) is 46.5 Å². The van der Waals surface area contributed by atoms with E-state index in [1.54, 1.807) is 38.1 Å². The van der Waals surface area contributed by atoms with E-state index in [4.69, 9.17) is 18.9 Å². The first-order chi connectivity index (χ1) is 26.9. The number of para-hydroxylation sites is 2. The zero-order chi connectivity index (χ0) is 39.1. The lowest BCUT2D eigenvalue weighted by Gasteiger charge is -2.07. The van der Waals surface area contributed by atoms with Gasteiger partial charge in [0.25, 0.3) is 0 Å². The summed E-state index contributed by atoms with van der Waals surface area (Å²) in [5, 5.41) is 2.34. The maximum Gasteiger partial charge on any atom is 0.305 e. The van der Waals surface area contributed by atoms with E-state index >= 15 is 0 Å². The molecule has 0 unspecified atom stereocenters. The second kappa shape index (κ2) is 23.3. The van der Waals surface area contributed by atoms with Gasteiger partial charge in [-0.15, -0.1) is 0 Å². The van der Waals surface area contributed by atoms with Gasteiger partial charge in [0.1, 0.15) is 17.8 Å². The monoisotopic (exact) mass is 740 g/mol. The minimum absolute atomic E-state index is 0.180. The lowest BCUT2D eigenvalue weighted by Crippen LogP contribution is -2.06. The van der Waals surface area contributed by atoms with Crippen molar-refractivity contribution in [1.82, 2.24) is 9.97 Å². The molecule has 0 spiro atoms. The van der Waals surface area contributed by atoms with E-state index in [1.807, 2.05) is 91.9 Å². The van der Waals surface area contributed by atoms with Crippen LogP contribution in [0.25, 0.3) is 34.0 Å². The maximum atomic E-state index is 11.3. The average Bonchev–Trinajstić information content (AvgIpc) is 3.21. The summed E-state index contributed by atoms with van der Waals surface area (Å²) in [6.07, 6.45) is 6.74. The summed E-state index contributed by atoms with van der Waals surface area (Å²) in [5.41, 5.74) is 5.66. The van der Waals surface area contributed by atoms with Crippen LogP contribution in [-0.4, -0.2) is 54.6 Å². The number of hydrogen-bond donors (Lipinski definition) is 0. The van der Waals surface area contributed by atoms with Crippen LogP contribution in [0.15, 0.2) is 121 Å². The molecule has 0 aliphatic rings. The van der Waals surface area contributed by atoms with Crippen LogP contribution in [0.2, 0.25) is 0 Å². The zero-order valence-corrected chi connectivity index (χ0v) is 31.7. The van der Waals surface area contributed by atoms with E-state index in [0.29, 0.717) is 63.4 Å². The molecule has 0 fully saturated rings. The van der Waals surface area contributed by atoms with Crippen molar-refractivity contribution in [3.63, 3.8) is 0 Å². The average molecular weight is 741 g/mol. The van der Waals surface area contributed by atoms with Gasteiger partial charge in [-0.1, -0.05) is 78.9 Å². The highest BCUT2D eigenvalue weighted by molar-refractivity contribution is 5.81. The number of rotatable bonds is 15. The van der Waals surface area contributed by atoms with Gasteiger partial charge in [-0.05, 0) is 93.8 Å². The van der Waals surface area contributed by atoms with Crippen molar-refractivity contribution < 1.29 is 33.3 Å². The summed E-state index contributed by atoms with van der Waals surface area (Å²) in [7, 11) is 0. The molecule has 0 aliphatic heterocycles. The molecule has 0 amide bonds. The van der Waals surface area contributed by atoms with Crippen molar-refractivity contribution in [2.24, 2.45) is 0 Å². The number of fused-ring (bicyclic) bond motifs is 2. The molecule has 9 heteroatoms. The van der Waals surface area contributed by atoms with E-state index in [-0.39, 0.29) is 11.9 Å². The smallest absolute Gasteiger partial charge is 0.305 e. The molecule has 9 nitrogen and oxygen atoms in total. The number of nitrogens with zero attached hydrogens (tertiary/aromatic N) is 2. The molecule has 55 heavy (non-hydrogen) atoms. The van der Waals surface area contributed by atoms with Crippen molar-refractivity contribution in [3.05, 3.63) is 144 Å². The first kappa shape index (κ1) is 41.4. The third-order valence-corrected chi connectivity index (χ3v) is 7.86. The SMILES string of the molecule is CCOC(=O)CCCOc1cccc(/C=C/c2ccc3ccccc3n2)c1.CCOC(=O)CCCOc1cccc(C=O)c1.Cc1ccc2ccccc2n1. The highest BCUT2D eigenvalue weighted by Gasteiger charge is 2.03. The summed E-state index contributed by atoms with van der Waals surface area (Å²) >= 11 is 0. The molecule has 2 aromatic heterocycles. The van der Waals surface area contributed by atoms with Crippen LogP contribution in [0.1, 0.15) is 66.8 Å². The van der Waals surface area contributed by atoms with Gasteiger partial charge in [-0.2, -0.15) is 0 Å². The van der Waals surface area contributed by atoms with Crippen LogP contribution in [0.4, 0.5) is 0 Å². The maximum absolute atomic E-state index is 11.3. The highest BCUT2D eigenvalue weighted by Crippen LogP contribution is 2.18. The number of carbonyl (C=O) groups excluding carboxylic acids is 3. The Hall–Kier alpha value is -6.35. The van der Waals surface area contributed by atoms with Crippen LogP contribution in [0, 0.1) is 6.92 Å². The predicted molar refractivity (Wildman–Crippen MR) is 218 cm³/mol. The largest absolute Gasteiger partial charge is 0.494 e. The first-order valence-electron chi connectivity index (χ1n) is 18.4. The molecule has 6 aromatic rings. The lowest BCUT2D eigenvalue weighted by molar-refractivity contribution is -0.144. The van der Waals surface area contributed by atoms with Crippen LogP contribution < -0.4 is 9.47 Å². The fourth-order valence-electron chi connectivity index (χ4n) is 5.19. The van der Waals surface area contributed by atoms with Gasteiger partial charge in [-0.3, -0.25) is 19.4 Å². The molecular weight excluding hydrogens is 693 g/mol. The fourth-order valence-corrected chi connectivity index (χ4v) is 5.19. The predicted octanol–water partition coefficient (Wildman–Crippen LogP) is 9.89. The van der Waals surface area contributed by atoms with Crippen molar-refractivity contribution >= 4 is 52.2 Å². The highest BCUT2D eigenvalue weighted by atomic mass is 16.5. The fraction of sp³-hybridized carbons (Fsp3) is 0.239. The minimum atomic E-state index is -0.210. The van der Waals surface area contributed by atoms with E-state index in [2.05, 4.69) is 34.2 Å². The lowest BCUT2D eigenvalue weighted by atomic mass is 10.1.